The van der Waals surface area contributed by atoms with Gasteiger partial charge in [0.05, 0.1) is 23.6 Å². The summed E-state index contributed by atoms with van der Waals surface area (Å²) in [6.07, 6.45) is -4.53. The molecule has 208 valence electrons. The van der Waals surface area contributed by atoms with Crippen molar-refractivity contribution >= 4 is 21.6 Å². The molecule has 0 spiro atoms. The Balaban J connectivity index is 1.51. The van der Waals surface area contributed by atoms with Gasteiger partial charge in [-0.15, -0.1) is 0 Å². The number of alkyl halides is 3. The maximum atomic E-state index is 13.4. The molecule has 1 aliphatic rings. The number of hydrogen-bond donors (Lipinski definition) is 0. The molecule has 3 aromatic carbocycles. The molecule has 1 saturated heterocycles. The molecular formula is C28H30F3N3O4S. The number of ether oxygens (including phenoxy) is 1. The summed E-state index contributed by atoms with van der Waals surface area (Å²) in [4.78, 5) is 17.0. The number of nitrogens with zero attached hydrogens (tertiary/aromatic N) is 3. The van der Waals surface area contributed by atoms with Crippen LogP contribution in [0, 0.1) is 0 Å². The molecule has 1 fully saturated rings. The summed E-state index contributed by atoms with van der Waals surface area (Å²) in [5, 5.41) is 0. The SMILES string of the molecule is COc1ccc([C@H](CC(=O)N2CCN(c3cccc(C(F)(F)F)c3)CC2)N(C)S(=O)(=O)c2ccccc2)cc1. The third kappa shape index (κ3) is 6.54. The summed E-state index contributed by atoms with van der Waals surface area (Å²) in [5.41, 5.74) is 0.360. The Hall–Kier alpha value is -3.57. The summed E-state index contributed by atoms with van der Waals surface area (Å²) >= 11 is 0. The fourth-order valence-corrected chi connectivity index (χ4v) is 5.96. The molecule has 0 saturated carbocycles. The lowest BCUT2D eigenvalue weighted by atomic mass is 10.0. The Morgan fingerprint density at radius 3 is 2.18 bits per heavy atom. The standard InChI is InChI=1S/C28H30F3N3O4S/c1-32(39(36,37)25-9-4-3-5-10-25)26(21-11-13-24(38-2)14-12-21)20-27(35)34-17-15-33(16-18-34)23-8-6-7-22(19-23)28(29,30)31/h3-14,19,26H,15-18,20H2,1-2H3/t26-/m0/s1. The molecule has 0 unspecified atom stereocenters. The molecule has 0 aromatic heterocycles. The van der Waals surface area contributed by atoms with E-state index in [9.17, 15) is 26.4 Å². The van der Waals surface area contributed by atoms with Gasteiger partial charge >= 0.3 is 6.18 Å². The minimum atomic E-state index is -4.43. The van der Waals surface area contributed by atoms with Gasteiger partial charge in [0.2, 0.25) is 15.9 Å². The van der Waals surface area contributed by atoms with Gasteiger partial charge in [-0.3, -0.25) is 4.79 Å². The fraction of sp³-hybridized carbons (Fsp3) is 0.321. The maximum absolute atomic E-state index is 13.4. The molecule has 39 heavy (non-hydrogen) atoms. The van der Waals surface area contributed by atoms with Crippen LogP contribution >= 0.6 is 0 Å². The second kappa shape index (κ2) is 11.7. The Bertz CT molecular complexity index is 1380. The fourth-order valence-electron chi connectivity index (χ4n) is 4.60. The molecule has 1 atom stereocenters. The zero-order chi connectivity index (χ0) is 28.2. The smallest absolute Gasteiger partial charge is 0.416 e. The number of anilines is 1. The first-order valence-electron chi connectivity index (χ1n) is 12.4. The second-order valence-corrected chi connectivity index (χ2v) is 11.2. The number of benzene rings is 3. The quantitative estimate of drug-likeness (QED) is 0.395. The minimum Gasteiger partial charge on any atom is -0.497 e. The van der Waals surface area contributed by atoms with Crippen molar-refractivity contribution < 1.29 is 31.1 Å². The number of amides is 1. The van der Waals surface area contributed by atoms with Gasteiger partial charge in [-0.2, -0.15) is 17.5 Å². The molecule has 0 N–H and O–H groups in total. The lowest BCUT2D eigenvalue weighted by Gasteiger charge is -2.37. The van der Waals surface area contributed by atoms with Gasteiger partial charge in [-0.1, -0.05) is 36.4 Å². The van der Waals surface area contributed by atoms with E-state index in [1.54, 1.807) is 53.4 Å². The Morgan fingerprint density at radius 1 is 0.949 bits per heavy atom. The minimum absolute atomic E-state index is 0.0988. The number of carbonyl (C=O) groups is 1. The van der Waals surface area contributed by atoms with Crippen LogP contribution in [0.5, 0.6) is 5.75 Å². The summed E-state index contributed by atoms with van der Waals surface area (Å²) in [6.45, 7) is 1.33. The topological polar surface area (TPSA) is 70.2 Å². The van der Waals surface area contributed by atoms with E-state index < -0.39 is 27.8 Å². The van der Waals surface area contributed by atoms with Crippen LogP contribution in [0.3, 0.4) is 0 Å². The summed E-state index contributed by atoms with van der Waals surface area (Å²) < 4.78 is 72.7. The average Bonchev–Trinajstić information content (AvgIpc) is 2.95. The van der Waals surface area contributed by atoms with Crippen molar-refractivity contribution in [1.29, 1.82) is 0 Å². The summed E-state index contributed by atoms with van der Waals surface area (Å²) in [6, 6.07) is 19.3. The highest BCUT2D eigenvalue weighted by Crippen LogP contribution is 2.33. The van der Waals surface area contributed by atoms with Gasteiger partial charge in [-0.05, 0) is 48.0 Å². The van der Waals surface area contributed by atoms with Crippen LogP contribution in [0.1, 0.15) is 23.6 Å². The van der Waals surface area contributed by atoms with Crippen molar-refractivity contribution in [2.45, 2.75) is 23.5 Å². The number of methoxy groups -OCH3 is 1. The van der Waals surface area contributed by atoms with Gasteiger partial charge in [0.15, 0.2) is 0 Å². The molecule has 4 rings (SSSR count). The lowest BCUT2D eigenvalue weighted by Crippen LogP contribution is -2.49. The largest absolute Gasteiger partial charge is 0.497 e. The van der Waals surface area contributed by atoms with Crippen molar-refractivity contribution in [2.24, 2.45) is 0 Å². The summed E-state index contributed by atoms with van der Waals surface area (Å²) in [5.74, 6) is 0.359. The number of hydrogen-bond acceptors (Lipinski definition) is 5. The Labute approximate surface area is 226 Å². The van der Waals surface area contributed by atoms with Gasteiger partial charge < -0.3 is 14.5 Å². The third-order valence-corrected chi connectivity index (χ3v) is 8.78. The molecule has 3 aromatic rings. The summed E-state index contributed by atoms with van der Waals surface area (Å²) in [7, 11) is -0.925. The van der Waals surface area contributed by atoms with Crippen LogP contribution in [0.2, 0.25) is 0 Å². The van der Waals surface area contributed by atoms with Gasteiger partial charge in [0.1, 0.15) is 5.75 Å². The first-order chi connectivity index (χ1) is 18.5. The predicted molar refractivity (Wildman–Crippen MR) is 142 cm³/mol. The molecule has 1 heterocycles. The van der Waals surface area contributed by atoms with Crippen molar-refractivity contribution in [3.05, 3.63) is 90.0 Å². The Kier molecular flexibility index (Phi) is 8.51. The molecule has 1 aliphatic heterocycles. The zero-order valence-corrected chi connectivity index (χ0v) is 22.5. The number of sulfonamides is 1. The highest BCUT2D eigenvalue weighted by atomic mass is 32.2. The molecule has 1 amide bonds. The molecule has 0 aliphatic carbocycles. The first-order valence-corrected chi connectivity index (χ1v) is 13.8. The van der Waals surface area contributed by atoms with E-state index in [1.165, 1.54) is 36.7 Å². The molecular weight excluding hydrogens is 531 g/mol. The van der Waals surface area contributed by atoms with Crippen LogP contribution in [0.25, 0.3) is 0 Å². The highest BCUT2D eigenvalue weighted by Gasteiger charge is 2.34. The van der Waals surface area contributed by atoms with Crippen molar-refractivity contribution in [1.82, 2.24) is 9.21 Å². The molecule has 11 heteroatoms. The monoisotopic (exact) mass is 561 g/mol. The van der Waals surface area contributed by atoms with Gasteiger partial charge in [0.25, 0.3) is 0 Å². The van der Waals surface area contributed by atoms with Crippen molar-refractivity contribution in [3.8, 4) is 5.75 Å². The van der Waals surface area contributed by atoms with E-state index >= 15 is 0 Å². The number of halogens is 3. The van der Waals surface area contributed by atoms with Gasteiger partial charge in [0, 0.05) is 45.3 Å². The van der Waals surface area contributed by atoms with Crippen molar-refractivity contribution in [2.75, 3.05) is 45.2 Å². The van der Waals surface area contributed by atoms with Crippen LogP contribution < -0.4 is 9.64 Å². The van der Waals surface area contributed by atoms with Crippen LogP contribution in [0.15, 0.2) is 83.8 Å². The van der Waals surface area contributed by atoms with E-state index in [0.29, 0.717) is 43.2 Å². The van der Waals surface area contributed by atoms with Gasteiger partial charge in [-0.25, -0.2) is 8.42 Å². The third-order valence-electron chi connectivity index (χ3n) is 6.90. The molecule has 7 nitrogen and oxygen atoms in total. The van der Waals surface area contributed by atoms with Crippen LogP contribution in [0.4, 0.5) is 18.9 Å². The van der Waals surface area contributed by atoms with Crippen LogP contribution in [-0.4, -0.2) is 63.9 Å². The molecule has 0 bridgehead atoms. The predicted octanol–water partition coefficient (Wildman–Crippen LogP) is 4.81. The first kappa shape index (κ1) is 28.4. The van der Waals surface area contributed by atoms with E-state index in [4.69, 9.17) is 4.74 Å². The zero-order valence-electron chi connectivity index (χ0n) is 21.6. The lowest BCUT2D eigenvalue weighted by molar-refractivity contribution is -0.137. The number of carbonyl (C=O) groups excluding carboxylic acids is 1. The van der Waals surface area contributed by atoms with E-state index in [1.807, 2.05) is 4.90 Å². The van der Waals surface area contributed by atoms with E-state index in [0.717, 1.165) is 12.1 Å². The normalized spacial score (nSPS) is 15.3. The average molecular weight is 562 g/mol. The number of piperazine rings is 1. The van der Waals surface area contributed by atoms with E-state index in [-0.39, 0.29) is 17.2 Å². The van der Waals surface area contributed by atoms with Crippen molar-refractivity contribution in [3.63, 3.8) is 0 Å². The number of rotatable bonds is 8. The second-order valence-electron chi connectivity index (χ2n) is 9.24. The highest BCUT2D eigenvalue weighted by molar-refractivity contribution is 7.89. The maximum Gasteiger partial charge on any atom is 0.416 e. The van der Waals surface area contributed by atoms with Crippen LogP contribution in [-0.2, 0) is 21.0 Å². The van der Waals surface area contributed by atoms with E-state index in [2.05, 4.69) is 0 Å². The molecule has 0 radical (unpaired) electrons. The Morgan fingerprint density at radius 2 is 1.59 bits per heavy atom.